The van der Waals surface area contributed by atoms with E-state index in [9.17, 15) is 27.6 Å². The second kappa shape index (κ2) is 8.50. The van der Waals surface area contributed by atoms with Gasteiger partial charge in [0.25, 0.3) is 5.56 Å². The molecule has 3 aliphatic heterocycles. The van der Waals surface area contributed by atoms with Crippen molar-refractivity contribution in [3.8, 4) is 5.69 Å². The largest absolute Gasteiger partial charge is 0.416 e. The molecule has 0 bridgehead atoms. The first-order valence-electron chi connectivity index (χ1n) is 13.1. The van der Waals surface area contributed by atoms with Crippen molar-refractivity contribution in [3.05, 3.63) is 99.1 Å². The van der Waals surface area contributed by atoms with E-state index in [4.69, 9.17) is 16.6 Å². The number of hydrogen-bond donors (Lipinski definition) is 1. The number of anilines is 1. The van der Waals surface area contributed by atoms with Gasteiger partial charge in [0.15, 0.2) is 0 Å². The molecule has 0 radical (unpaired) electrons. The number of amides is 2. The lowest BCUT2D eigenvalue weighted by molar-refractivity contribution is -0.137. The van der Waals surface area contributed by atoms with Crippen LogP contribution in [0.4, 0.5) is 18.9 Å². The molecule has 1 spiro atoms. The third kappa shape index (κ3) is 3.31. The molecule has 4 atom stereocenters. The number of nitrogens with zero attached hydrogens (tertiary/aromatic N) is 3. The summed E-state index contributed by atoms with van der Waals surface area (Å²) >= 11 is 6.33. The Morgan fingerprint density at radius 3 is 2.39 bits per heavy atom. The molecule has 2 saturated heterocycles. The molecule has 7 rings (SSSR count). The van der Waals surface area contributed by atoms with E-state index in [2.05, 4.69) is 5.32 Å². The van der Waals surface area contributed by atoms with E-state index in [-0.39, 0.29) is 28.0 Å². The van der Waals surface area contributed by atoms with Crippen molar-refractivity contribution in [2.24, 2.45) is 17.8 Å². The molecule has 4 unspecified atom stereocenters. The van der Waals surface area contributed by atoms with Gasteiger partial charge in [-0.3, -0.25) is 24.3 Å². The molecule has 0 saturated carbocycles. The van der Waals surface area contributed by atoms with Crippen LogP contribution in [0.5, 0.6) is 0 Å². The summed E-state index contributed by atoms with van der Waals surface area (Å²) < 4.78 is 42.4. The molecule has 3 aliphatic rings. The minimum absolute atomic E-state index is 0.157. The summed E-state index contributed by atoms with van der Waals surface area (Å²) in [4.78, 5) is 48.0. The van der Waals surface area contributed by atoms with Gasteiger partial charge in [-0.15, -0.1) is 0 Å². The van der Waals surface area contributed by atoms with Crippen molar-refractivity contribution in [2.75, 3.05) is 4.90 Å². The van der Waals surface area contributed by atoms with E-state index in [1.807, 2.05) is 13.8 Å². The first-order chi connectivity index (χ1) is 19.5. The Kier molecular flexibility index (Phi) is 5.37. The highest BCUT2D eigenvalue weighted by Crippen LogP contribution is 2.57. The zero-order valence-corrected chi connectivity index (χ0v) is 22.5. The van der Waals surface area contributed by atoms with Gasteiger partial charge in [-0.05, 0) is 42.3 Å². The number of hydrogen-bond acceptors (Lipinski definition) is 5. The average Bonchev–Trinajstić information content (AvgIpc) is 3.52. The van der Waals surface area contributed by atoms with Gasteiger partial charge < -0.3 is 0 Å². The maximum atomic E-state index is 14.4. The fourth-order valence-corrected chi connectivity index (χ4v) is 7.02. The number of imide groups is 1. The summed E-state index contributed by atoms with van der Waals surface area (Å²) in [6.07, 6.45) is -4.71. The Morgan fingerprint density at radius 1 is 0.951 bits per heavy atom. The summed E-state index contributed by atoms with van der Waals surface area (Å²) in [7, 11) is 0. The van der Waals surface area contributed by atoms with E-state index < -0.39 is 47.0 Å². The normalized spacial score (nSPS) is 25.0. The zero-order valence-electron chi connectivity index (χ0n) is 21.7. The molecule has 2 fully saturated rings. The Hall–Kier alpha value is -4.02. The number of halogens is 4. The van der Waals surface area contributed by atoms with Gasteiger partial charge in [-0.2, -0.15) is 13.2 Å². The van der Waals surface area contributed by atoms with Gasteiger partial charge in [0, 0.05) is 11.6 Å². The van der Waals surface area contributed by atoms with Gasteiger partial charge in [0.1, 0.15) is 11.4 Å². The summed E-state index contributed by atoms with van der Waals surface area (Å²) in [6.45, 7) is 3.79. The van der Waals surface area contributed by atoms with Crippen LogP contribution >= 0.6 is 11.6 Å². The van der Waals surface area contributed by atoms with Crippen LogP contribution in [-0.2, 0) is 21.3 Å². The maximum absolute atomic E-state index is 14.4. The van der Waals surface area contributed by atoms with Crippen LogP contribution in [0.3, 0.4) is 0 Å². The number of carbonyl (C=O) groups excluding carboxylic acids is 2. The summed E-state index contributed by atoms with van der Waals surface area (Å²) in [5, 5.41) is 3.79. The van der Waals surface area contributed by atoms with Crippen LogP contribution in [0.1, 0.15) is 30.8 Å². The van der Waals surface area contributed by atoms with E-state index in [0.717, 1.165) is 23.1 Å². The molecule has 2 amide bonds. The van der Waals surface area contributed by atoms with E-state index in [1.54, 1.807) is 48.5 Å². The minimum Gasteiger partial charge on any atom is -0.296 e. The van der Waals surface area contributed by atoms with Gasteiger partial charge >= 0.3 is 6.18 Å². The third-order valence-electron chi connectivity index (χ3n) is 8.53. The van der Waals surface area contributed by atoms with Crippen LogP contribution < -0.4 is 15.8 Å². The van der Waals surface area contributed by atoms with Crippen molar-refractivity contribution < 1.29 is 22.8 Å². The molecule has 4 heterocycles. The first-order valence-corrected chi connectivity index (χ1v) is 13.5. The fraction of sp³-hybridized carbons (Fsp3) is 0.267. The Morgan fingerprint density at radius 2 is 1.66 bits per heavy atom. The fourth-order valence-electron chi connectivity index (χ4n) is 6.82. The number of fused-ring (bicyclic) bond motifs is 8. The standard InChI is InChI=1S/C30H22ClF3N4O3/c1-14(2)24-22-23(27(41)37(26(22)40)21-13-15(30(32,33)34)11-12-18(21)31)29(36-24)17-8-4-6-10-20(17)38-25(39)16-7-3-5-9-19(16)35-28(29)38/h3-14,22-24,36H,1-2H3. The molecule has 7 nitrogen and oxygen atoms in total. The number of rotatable bonds is 2. The highest BCUT2D eigenvalue weighted by Gasteiger charge is 2.70. The van der Waals surface area contributed by atoms with Gasteiger partial charge in [-0.25, -0.2) is 9.88 Å². The SMILES string of the molecule is CC(C)C1NC2(c3ccccc3-n3c2nc2ccccc2c3=O)C2C(=O)N(c3cc(C(F)(F)F)ccc3Cl)C(=O)C12. The molecule has 1 aromatic heterocycles. The Labute approximate surface area is 236 Å². The Balaban J connectivity index is 1.51. The van der Waals surface area contributed by atoms with Crippen molar-refractivity contribution in [3.63, 3.8) is 0 Å². The zero-order chi connectivity index (χ0) is 29.0. The van der Waals surface area contributed by atoms with Crippen LogP contribution in [0.25, 0.3) is 16.6 Å². The number of benzene rings is 3. The van der Waals surface area contributed by atoms with E-state index in [1.165, 1.54) is 4.57 Å². The highest BCUT2D eigenvalue weighted by molar-refractivity contribution is 6.36. The van der Waals surface area contributed by atoms with Crippen molar-refractivity contribution in [1.29, 1.82) is 0 Å². The number of aromatic nitrogens is 2. The summed E-state index contributed by atoms with van der Waals surface area (Å²) in [5.41, 5.74) is -1.52. The van der Waals surface area contributed by atoms with Crippen LogP contribution in [-0.4, -0.2) is 27.4 Å². The summed E-state index contributed by atoms with van der Waals surface area (Å²) in [5.74, 6) is -3.31. The number of nitrogens with one attached hydrogen (secondary N) is 1. The number of alkyl halides is 3. The van der Waals surface area contributed by atoms with E-state index in [0.29, 0.717) is 22.2 Å². The highest BCUT2D eigenvalue weighted by atomic mass is 35.5. The molecule has 208 valence electrons. The molecular formula is C30H22ClF3N4O3. The molecular weight excluding hydrogens is 557 g/mol. The summed E-state index contributed by atoms with van der Waals surface area (Å²) in [6, 6.07) is 16.0. The van der Waals surface area contributed by atoms with Crippen molar-refractivity contribution in [2.45, 2.75) is 31.6 Å². The lowest BCUT2D eigenvalue weighted by Gasteiger charge is -2.32. The maximum Gasteiger partial charge on any atom is 0.416 e. The lowest BCUT2D eigenvalue weighted by Crippen LogP contribution is -2.51. The number of para-hydroxylation sites is 2. The molecule has 4 aromatic rings. The molecule has 1 N–H and O–H groups in total. The van der Waals surface area contributed by atoms with E-state index >= 15 is 0 Å². The van der Waals surface area contributed by atoms with Gasteiger partial charge in [-0.1, -0.05) is 55.8 Å². The third-order valence-corrected chi connectivity index (χ3v) is 8.85. The average molecular weight is 579 g/mol. The second-order valence-electron chi connectivity index (χ2n) is 11.0. The van der Waals surface area contributed by atoms with Gasteiger partial charge in [0.05, 0.1) is 44.7 Å². The second-order valence-corrected chi connectivity index (χ2v) is 11.4. The van der Waals surface area contributed by atoms with Crippen LogP contribution in [0.2, 0.25) is 5.02 Å². The molecule has 3 aromatic carbocycles. The molecule has 41 heavy (non-hydrogen) atoms. The monoisotopic (exact) mass is 578 g/mol. The minimum atomic E-state index is -4.71. The Bertz CT molecular complexity index is 1870. The molecule has 11 heteroatoms. The quantitative estimate of drug-likeness (QED) is 0.337. The topological polar surface area (TPSA) is 84.3 Å². The number of carbonyl (C=O) groups is 2. The predicted molar refractivity (Wildman–Crippen MR) is 146 cm³/mol. The van der Waals surface area contributed by atoms with Crippen molar-refractivity contribution >= 4 is 40.0 Å². The predicted octanol–water partition coefficient (Wildman–Crippen LogP) is 5.05. The smallest absolute Gasteiger partial charge is 0.296 e. The van der Waals surface area contributed by atoms with Gasteiger partial charge in [0.2, 0.25) is 11.8 Å². The lowest BCUT2D eigenvalue weighted by atomic mass is 9.75. The molecule has 0 aliphatic carbocycles. The first kappa shape index (κ1) is 25.9. The van der Waals surface area contributed by atoms with Crippen LogP contribution in [0, 0.1) is 17.8 Å². The van der Waals surface area contributed by atoms with Crippen LogP contribution in [0.15, 0.2) is 71.5 Å². The van der Waals surface area contributed by atoms with Crippen molar-refractivity contribution in [1.82, 2.24) is 14.9 Å².